The third-order valence-corrected chi connectivity index (χ3v) is 5.95. The molecule has 0 amide bonds. The van der Waals surface area contributed by atoms with Gasteiger partial charge in [-0.3, -0.25) is 0 Å². The number of nitrogens with zero attached hydrogens (tertiary/aromatic N) is 1. The van der Waals surface area contributed by atoms with E-state index < -0.39 is 5.97 Å². The highest BCUT2D eigenvalue weighted by atomic mass is 35.5. The fourth-order valence-corrected chi connectivity index (χ4v) is 4.55. The lowest BCUT2D eigenvalue weighted by Crippen LogP contribution is -2.35. The molecule has 6 heteroatoms. The third kappa shape index (κ3) is 4.00. The van der Waals surface area contributed by atoms with Crippen molar-refractivity contribution in [3.05, 3.63) is 51.4 Å². The lowest BCUT2D eigenvalue weighted by Gasteiger charge is -2.27. The van der Waals surface area contributed by atoms with Crippen molar-refractivity contribution in [1.29, 1.82) is 0 Å². The van der Waals surface area contributed by atoms with E-state index in [1.54, 1.807) is 0 Å². The molecule has 0 saturated carbocycles. The number of thiophene rings is 1. The number of aromatic carboxylic acids is 1. The van der Waals surface area contributed by atoms with Gasteiger partial charge in [-0.05, 0) is 35.2 Å². The molecule has 2 heterocycles. The van der Waals surface area contributed by atoms with Crippen LogP contribution >= 0.6 is 22.9 Å². The normalized spacial score (nSPS) is 16.2. The molecule has 3 rings (SSSR count). The Morgan fingerprint density at radius 2 is 1.88 bits per heavy atom. The van der Waals surface area contributed by atoms with E-state index in [1.165, 1.54) is 11.3 Å². The fourth-order valence-electron chi connectivity index (χ4n) is 3.32. The average Bonchev–Trinajstić information content (AvgIpc) is 3.02. The van der Waals surface area contributed by atoms with E-state index in [4.69, 9.17) is 16.3 Å². The number of ether oxygens (including phenoxy) is 1. The Kier molecular flexibility index (Phi) is 5.67. The second kappa shape index (κ2) is 7.77. The Morgan fingerprint density at radius 3 is 2.44 bits per heavy atom. The average molecular weight is 380 g/mol. The maximum atomic E-state index is 11.9. The Bertz CT molecular complexity index is 736. The van der Waals surface area contributed by atoms with Gasteiger partial charge < -0.3 is 14.7 Å². The van der Waals surface area contributed by atoms with E-state index >= 15 is 0 Å². The van der Waals surface area contributed by atoms with Crippen LogP contribution in [0, 0.1) is 5.92 Å². The Balaban J connectivity index is 2.03. The van der Waals surface area contributed by atoms with Crippen molar-refractivity contribution in [2.45, 2.75) is 19.8 Å². The molecule has 1 fully saturated rings. The molecule has 1 N–H and O–H groups in total. The molecule has 1 aromatic carbocycles. The number of hydrogen-bond acceptors (Lipinski definition) is 4. The zero-order valence-corrected chi connectivity index (χ0v) is 15.9. The Morgan fingerprint density at radius 1 is 1.24 bits per heavy atom. The molecule has 1 unspecified atom stereocenters. The first-order chi connectivity index (χ1) is 12.0. The van der Waals surface area contributed by atoms with E-state index in [0.29, 0.717) is 23.1 Å². The second-order valence-electron chi connectivity index (χ2n) is 6.55. The van der Waals surface area contributed by atoms with Crippen LogP contribution in [0.15, 0.2) is 30.3 Å². The van der Waals surface area contributed by atoms with Gasteiger partial charge in [0.15, 0.2) is 0 Å². The molecule has 1 saturated heterocycles. The highest BCUT2D eigenvalue weighted by Gasteiger charge is 2.28. The molecule has 0 spiro atoms. The molecule has 2 aromatic rings. The van der Waals surface area contributed by atoms with Gasteiger partial charge in [0, 0.05) is 24.0 Å². The number of anilines is 1. The summed E-state index contributed by atoms with van der Waals surface area (Å²) in [6.45, 7) is 7.20. The van der Waals surface area contributed by atoms with Gasteiger partial charge in [-0.15, -0.1) is 11.3 Å². The van der Waals surface area contributed by atoms with Gasteiger partial charge >= 0.3 is 5.97 Å². The summed E-state index contributed by atoms with van der Waals surface area (Å²) in [5, 5.41) is 11.4. The second-order valence-corrected chi connectivity index (χ2v) is 8.01. The largest absolute Gasteiger partial charge is 0.477 e. The first kappa shape index (κ1) is 18.2. The first-order valence-corrected chi connectivity index (χ1v) is 9.62. The van der Waals surface area contributed by atoms with Crippen LogP contribution in [-0.2, 0) is 4.74 Å². The van der Waals surface area contributed by atoms with Crippen LogP contribution in [-0.4, -0.2) is 37.4 Å². The molecule has 0 radical (unpaired) electrons. The summed E-state index contributed by atoms with van der Waals surface area (Å²) >= 11 is 7.38. The number of benzene rings is 1. The summed E-state index contributed by atoms with van der Waals surface area (Å²) < 4.78 is 5.41. The standard InChI is InChI=1S/C19H22ClNO3S/c1-12(2)17(13-3-5-14(20)6-4-13)15-11-16(25-18(15)19(22)23)21-7-9-24-10-8-21/h3-6,11-12,17H,7-10H2,1-2H3,(H,22,23). The first-order valence-electron chi connectivity index (χ1n) is 8.42. The molecule has 1 aromatic heterocycles. The summed E-state index contributed by atoms with van der Waals surface area (Å²) in [5.74, 6) is -0.569. The van der Waals surface area contributed by atoms with Crippen molar-refractivity contribution >= 4 is 33.9 Å². The predicted octanol–water partition coefficient (Wildman–Crippen LogP) is 4.72. The van der Waals surface area contributed by atoms with E-state index in [2.05, 4.69) is 24.8 Å². The van der Waals surface area contributed by atoms with Crippen molar-refractivity contribution in [2.24, 2.45) is 5.92 Å². The van der Waals surface area contributed by atoms with Crippen molar-refractivity contribution < 1.29 is 14.6 Å². The summed E-state index contributed by atoms with van der Waals surface area (Å²) in [6, 6.07) is 9.76. The molecule has 0 aliphatic carbocycles. The van der Waals surface area contributed by atoms with Gasteiger partial charge in [0.1, 0.15) is 4.88 Å². The SMILES string of the molecule is CC(C)C(c1ccc(Cl)cc1)c1cc(N2CCOCC2)sc1C(=O)O. The molecule has 1 atom stereocenters. The van der Waals surface area contributed by atoms with Crippen molar-refractivity contribution in [3.63, 3.8) is 0 Å². The van der Waals surface area contributed by atoms with Crippen LogP contribution in [0.2, 0.25) is 5.02 Å². The van der Waals surface area contributed by atoms with Gasteiger partial charge in [-0.2, -0.15) is 0 Å². The number of carboxylic acids is 1. The summed E-state index contributed by atoms with van der Waals surface area (Å²) in [6.07, 6.45) is 0. The predicted molar refractivity (Wildman–Crippen MR) is 102 cm³/mol. The van der Waals surface area contributed by atoms with Crippen LogP contribution in [0.5, 0.6) is 0 Å². The molecule has 4 nitrogen and oxygen atoms in total. The minimum atomic E-state index is -0.862. The monoisotopic (exact) mass is 379 g/mol. The lowest BCUT2D eigenvalue weighted by molar-refractivity contribution is 0.0700. The zero-order valence-electron chi connectivity index (χ0n) is 14.4. The van der Waals surface area contributed by atoms with Gasteiger partial charge in [-0.1, -0.05) is 37.6 Å². The molecule has 1 aliphatic rings. The van der Waals surface area contributed by atoms with Gasteiger partial charge in [-0.25, -0.2) is 4.79 Å². The lowest BCUT2D eigenvalue weighted by atomic mass is 9.82. The number of carbonyl (C=O) groups is 1. The van der Waals surface area contributed by atoms with Crippen molar-refractivity contribution in [3.8, 4) is 0 Å². The maximum Gasteiger partial charge on any atom is 0.346 e. The quantitative estimate of drug-likeness (QED) is 0.816. The number of halogens is 1. The number of rotatable bonds is 5. The maximum absolute atomic E-state index is 11.9. The van der Waals surface area contributed by atoms with Crippen LogP contribution in [0.1, 0.15) is 40.6 Å². The number of carboxylic acid groups (broad SMARTS) is 1. The van der Waals surface area contributed by atoms with Crippen LogP contribution < -0.4 is 4.90 Å². The highest BCUT2D eigenvalue weighted by molar-refractivity contribution is 7.18. The third-order valence-electron chi connectivity index (χ3n) is 4.50. The van der Waals surface area contributed by atoms with Gasteiger partial charge in [0.2, 0.25) is 0 Å². The number of hydrogen-bond donors (Lipinski definition) is 1. The van der Waals surface area contributed by atoms with Gasteiger partial charge in [0.25, 0.3) is 0 Å². The van der Waals surface area contributed by atoms with Gasteiger partial charge in [0.05, 0.1) is 18.2 Å². The van der Waals surface area contributed by atoms with Crippen molar-refractivity contribution in [1.82, 2.24) is 0 Å². The smallest absolute Gasteiger partial charge is 0.346 e. The molecular weight excluding hydrogens is 358 g/mol. The van der Waals surface area contributed by atoms with E-state index in [-0.39, 0.29) is 11.8 Å². The van der Waals surface area contributed by atoms with E-state index in [0.717, 1.165) is 29.2 Å². The fraction of sp³-hybridized carbons (Fsp3) is 0.421. The minimum absolute atomic E-state index is 0.0226. The molecular formula is C19H22ClNO3S. The van der Waals surface area contributed by atoms with Crippen molar-refractivity contribution in [2.75, 3.05) is 31.2 Å². The van der Waals surface area contributed by atoms with Crippen LogP contribution in [0.4, 0.5) is 5.00 Å². The van der Waals surface area contributed by atoms with E-state index in [9.17, 15) is 9.90 Å². The topological polar surface area (TPSA) is 49.8 Å². The molecule has 134 valence electrons. The number of morpholine rings is 1. The summed E-state index contributed by atoms with van der Waals surface area (Å²) in [4.78, 5) is 14.5. The van der Waals surface area contributed by atoms with Crippen LogP contribution in [0.3, 0.4) is 0 Å². The zero-order chi connectivity index (χ0) is 18.0. The molecule has 1 aliphatic heterocycles. The summed E-state index contributed by atoms with van der Waals surface area (Å²) in [7, 11) is 0. The van der Waals surface area contributed by atoms with E-state index in [1.807, 2.05) is 24.3 Å². The molecule has 25 heavy (non-hydrogen) atoms. The van der Waals surface area contributed by atoms with Crippen LogP contribution in [0.25, 0.3) is 0 Å². The highest BCUT2D eigenvalue weighted by Crippen LogP contribution is 2.41. The molecule has 0 bridgehead atoms. The Labute approximate surface area is 157 Å². The minimum Gasteiger partial charge on any atom is -0.477 e. The summed E-state index contributed by atoms with van der Waals surface area (Å²) in [5.41, 5.74) is 1.98. The Hall–Kier alpha value is -1.56.